The lowest BCUT2D eigenvalue weighted by Crippen LogP contribution is -2.16. The second kappa shape index (κ2) is 11.6. The number of aryl methyl sites for hydroxylation is 1. The first-order valence-corrected chi connectivity index (χ1v) is 10.8. The summed E-state index contributed by atoms with van der Waals surface area (Å²) in [5, 5.41) is 0. The van der Waals surface area contributed by atoms with Crippen LogP contribution in [0.15, 0.2) is 6.20 Å². The smallest absolute Gasteiger partial charge is 0.219 e. The van der Waals surface area contributed by atoms with Crippen LogP contribution < -0.4 is 0 Å². The van der Waals surface area contributed by atoms with Crippen molar-refractivity contribution in [1.82, 2.24) is 9.97 Å². The lowest BCUT2D eigenvalue weighted by atomic mass is 9.80. The van der Waals surface area contributed by atoms with Crippen molar-refractivity contribution in [2.24, 2.45) is 5.92 Å². The predicted molar refractivity (Wildman–Crippen MR) is 103 cm³/mol. The van der Waals surface area contributed by atoms with Crippen molar-refractivity contribution in [3.63, 3.8) is 0 Å². The highest BCUT2D eigenvalue weighted by Gasteiger charge is 2.24. The van der Waals surface area contributed by atoms with Crippen molar-refractivity contribution in [3.05, 3.63) is 23.5 Å². The summed E-state index contributed by atoms with van der Waals surface area (Å²) >= 11 is 0. The Bertz CT molecular complexity index is 481. The highest BCUT2D eigenvalue weighted by molar-refractivity contribution is 5.10. The Morgan fingerprint density at radius 3 is 2.24 bits per heavy atom. The van der Waals surface area contributed by atoms with Crippen LogP contribution in [0.4, 0.5) is 4.39 Å². The van der Waals surface area contributed by atoms with Crippen molar-refractivity contribution in [2.45, 2.75) is 110 Å². The summed E-state index contributed by atoms with van der Waals surface area (Å²) in [6, 6.07) is 0. The van der Waals surface area contributed by atoms with E-state index in [0.29, 0.717) is 11.5 Å². The van der Waals surface area contributed by atoms with Crippen molar-refractivity contribution in [1.29, 1.82) is 0 Å². The standard InChI is InChI=1S/C22H37FN2/c1-3-5-6-7-8-9-10-12-20-17-24-22(25-21(20)23)19-15-13-18(11-4-2)14-16-19/h17-19H,3-16H2,1-2H3/t18-,19-. The predicted octanol–water partition coefficient (Wildman–Crippen LogP) is 6.98. The Labute approximate surface area is 154 Å². The van der Waals surface area contributed by atoms with E-state index in [2.05, 4.69) is 23.8 Å². The van der Waals surface area contributed by atoms with Gasteiger partial charge in [0.25, 0.3) is 0 Å². The topological polar surface area (TPSA) is 25.8 Å². The van der Waals surface area contributed by atoms with Crippen LogP contribution in [0.3, 0.4) is 0 Å². The van der Waals surface area contributed by atoms with Crippen molar-refractivity contribution >= 4 is 0 Å². The van der Waals surface area contributed by atoms with E-state index in [4.69, 9.17) is 0 Å². The quantitative estimate of drug-likeness (QED) is 0.318. The van der Waals surface area contributed by atoms with E-state index in [9.17, 15) is 4.39 Å². The van der Waals surface area contributed by atoms with Gasteiger partial charge < -0.3 is 0 Å². The van der Waals surface area contributed by atoms with Gasteiger partial charge in [0, 0.05) is 17.7 Å². The molecular formula is C22H37FN2. The van der Waals surface area contributed by atoms with Crippen molar-refractivity contribution in [3.8, 4) is 0 Å². The van der Waals surface area contributed by atoms with E-state index in [0.717, 1.165) is 37.4 Å². The van der Waals surface area contributed by atoms with Gasteiger partial charge in [-0.3, -0.25) is 0 Å². The molecule has 0 atom stereocenters. The lowest BCUT2D eigenvalue weighted by molar-refractivity contribution is 0.300. The zero-order valence-electron chi connectivity index (χ0n) is 16.4. The molecule has 3 heteroatoms. The van der Waals surface area contributed by atoms with Gasteiger partial charge in [-0.1, -0.05) is 65.2 Å². The Morgan fingerprint density at radius 2 is 1.60 bits per heavy atom. The average Bonchev–Trinajstić information content (AvgIpc) is 2.63. The first kappa shape index (κ1) is 20.3. The van der Waals surface area contributed by atoms with Crippen LogP contribution in [0.2, 0.25) is 0 Å². The third-order valence-corrected chi connectivity index (χ3v) is 5.79. The summed E-state index contributed by atoms with van der Waals surface area (Å²) in [5.74, 6) is 1.71. The van der Waals surface area contributed by atoms with Crippen molar-refractivity contribution in [2.75, 3.05) is 0 Å². The number of nitrogens with zero attached hydrogens (tertiary/aromatic N) is 2. The zero-order chi connectivity index (χ0) is 17.9. The lowest BCUT2D eigenvalue weighted by Gasteiger charge is -2.27. The summed E-state index contributed by atoms with van der Waals surface area (Å²) in [4.78, 5) is 8.75. The Hall–Kier alpha value is -0.990. The molecule has 0 aliphatic heterocycles. The fourth-order valence-corrected chi connectivity index (χ4v) is 4.15. The molecule has 1 saturated carbocycles. The van der Waals surface area contributed by atoms with Crippen LogP contribution in [-0.4, -0.2) is 9.97 Å². The number of rotatable bonds is 11. The van der Waals surface area contributed by atoms with Gasteiger partial charge in [-0.2, -0.15) is 4.39 Å². The molecule has 25 heavy (non-hydrogen) atoms. The van der Waals surface area contributed by atoms with Crippen LogP contribution in [-0.2, 0) is 6.42 Å². The van der Waals surface area contributed by atoms with Gasteiger partial charge in [-0.05, 0) is 44.4 Å². The van der Waals surface area contributed by atoms with Gasteiger partial charge in [0.05, 0.1) is 0 Å². The number of hydrogen-bond acceptors (Lipinski definition) is 2. The summed E-state index contributed by atoms with van der Waals surface area (Å²) in [5.41, 5.74) is 0.706. The van der Waals surface area contributed by atoms with Crippen LogP contribution in [0.25, 0.3) is 0 Å². The number of aromatic nitrogens is 2. The molecule has 1 heterocycles. The molecule has 142 valence electrons. The highest BCUT2D eigenvalue weighted by Crippen LogP contribution is 2.36. The van der Waals surface area contributed by atoms with Crippen LogP contribution in [0, 0.1) is 11.9 Å². The van der Waals surface area contributed by atoms with Gasteiger partial charge >= 0.3 is 0 Å². The van der Waals surface area contributed by atoms with E-state index in [1.54, 1.807) is 6.20 Å². The van der Waals surface area contributed by atoms with Gasteiger partial charge in [0.15, 0.2) is 0 Å². The molecular weight excluding hydrogens is 311 g/mol. The average molecular weight is 349 g/mol. The highest BCUT2D eigenvalue weighted by atomic mass is 19.1. The second-order valence-electron chi connectivity index (χ2n) is 7.92. The molecule has 0 radical (unpaired) electrons. The van der Waals surface area contributed by atoms with Crippen LogP contribution in [0.1, 0.15) is 115 Å². The first-order valence-electron chi connectivity index (χ1n) is 10.8. The molecule has 1 aromatic rings. The summed E-state index contributed by atoms with van der Waals surface area (Å²) in [7, 11) is 0. The minimum Gasteiger partial charge on any atom is -0.241 e. The molecule has 1 aliphatic carbocycles. The maximum absolute atomic E-state index is 14.3. The van der Waals surface area contributed by atoms with Gasteiger partial charge in [0.1, 0.15) is 5.82 Å². The SMILES string of the molecule is CCCCCCCCCc1cnc([C@H]2CC[C@H](CCC)CC2)nc1F. The monoisotopic (exact) mass is 348 g/mol. The molecule has 0 unspecified atom stereocenters. The first-order chi connectivity index (χ1) is 12.2. The molecule has 0 spiro atoms. The molecule has 0 saturated heterocycles. The molecule has 0 bridgehead atoms. The van der Waals surface area contributed by atoms with Gasteiger partial charge in [0.2, 0.25) is 5.95 Å². The van der Waals surface area contributed by atoms with E-state index in [1.807, 2.05) is 0 Å². The fourth-order valence-electron chi connectivity index (χ4n) is 4.15. The molecule has 0 N–H and O–H groups in total. The number of unbranched alkanes of at least 4 members (excludes halogenated alkanes) is 6. The molecule has 0 aromatic carbocycles. The number of hydrogen-bond donors (Lipinski definition) is 0. The minimum atomic E-state index is -0.272. The molecule has 1 fully saturated rings. The summed E-state index contributed by atoms with van der Waals surface area (Å²) < 4.78 is 14.3. The maximum Gasteiger partial charge on any atom is 0.219 e. The largest absolute Gasteiger partial charge is 0.241 e. The normalized spacial score (nSPS) is 20.8. The molecule has 1 aromatic heterocycles. The molecule has 1 aliphatic rings. The molecule has 0 amide bonds. The zero-order valence-corrected chi connectivity index (χ0v) is 16.4. The number of halogens is 1. The van der Waals surface area contributed by atoms with Gasteiger partial charge in [-0.15, -0.1) is 0 Å². The Balaban J connectivity index is 1.73. The third kappa shape index (κ3) is 7.03. The summed E-state index contributed by atoms with van der Waals surface area (Å²) in [6.07, 6.45) is 18.7. The summed E-state index contributed by atoms with van der Waals surface area (Å²) in [6.45, 7) is 4.50. The van der Waals surface area contributed by atoms with E-state index < -0.39 is 0 Å². The molecule has 2 nitrogen and oxygen atoms in total. The molecule has 2 rings (SSSR count). The van der Waals surface area contributed by atoms with Gasteiger partial charge in [-0.25, -0.2) is 9.97 Å². The Kier molecular flexibility index (Phi) is 9.42. The van der Waals surface area contributed by atoms with E-state index >= 15 is 0 Å². The minimum absolute atomic E-state index is 0.272. The fraction of sp³-hybridized carbons (Fsp3) is 0.818. The maximum atomic E-state index is 14.3. The van der Waals surface area contributed by atoms with Crippen LogP contribution in [0.5, 0.6) is 0 Å². The van der Waals surface area contributed by atoms with E-state index in [1.165, 1.54) is 64.2 Å². The van der Waals surface area contributed by atoms with Crippen LogP contribution >= 0.6 is 0 Å². The Morgan fingerprint density at radius 1 is 0.920 bits per heavy atom. The second-order valence-corrected chi connectivity index (χ2v) is 7.92. The van der Waals surface area contributed by atoms with E-state index in [-0.39, 0.29) is 5.95 Å². The van der Waals surface area contributed by atoms with Crippen molar-refractivity contribution < 1.29 is 4.39 Å². The third-order valence-electron chi connectivity index (χ3n) is 5.79.